The maximum absolute atomic E-state index is 12.6. The number of benzene rings is 1. The number of alkyl halides is 3. The molecule has 0 radical (unpaired) electrons. The molecule has 0 bridgehead atoms. The van der Waals surface area contributed by atoms with Gasteiger partial charge < -0.3 is 13.6 Å². The van der Waals surface area contributed by atoms with E-state index in [1.54, 1.807) is 6.92 Å². The Hall–Kier alpha value is -1.54. The van der Waals surface area contributed by atoms with Gasteiger partial charge in [-0.25, -0.2) is 4.98 Å². The van der Waals surface area contributed by atoms with Crippen LogP contribution in [0, 0.1) is 6.92 Å². The van der Waals surface area contributed by atoms with Crippen LogP contribution in [0.4, 0.5) is 13.2 Å². The molecule has 0 saturated carbocycles. The molecule has 2 aromatic rings. The molecule has 0 aliphatic carbocycles. The zero-order valence-electron chi connectivity index (χ0n) is 13.0. The lowest BCUT2D eigenvalue weighted by molar-refractivity contribution is -0.137. The molecule has 0 atom stereocenters. The molecule has 0 aliphatic heterocycles. The Balaban J connectivity index is 2.36. The van der Waals surface area contributed by atoms with Crippen molar-refractivity contribution in [3.8, 4) is 17.3 Å². The van der Waals surface area contributed by atoms with Crippen LogP contribution in [0.25, 0.3) is 11.4 Å². The van der Waals surface area contributed by atoms with E-state index in [0.29, 0.717) is 11.3 Å². The van der Waals surface area contributed by atoms with E-state index in [9.17, 15) is 13.2 Å². The van der Waals surface area contributed by atoms with Gasteiger partial charge in [0.15, 0.2) is 5.82 Å². The topological polar surface area (TPSA) is 53.5 Å². The van der Waals surface area contributed by atoms with Crippen molar-refractivity contribution >= 4 is 18.5 Å². The first-order valence-electron chi connectivity index (χ1n) is 6.61. The van der Waals surface area contributed by atoms with Crippen LogP contribution in [0.15, 0.2) is 30.3 Å². The Morgan fingerprint density at radius 1 is 1.04 bits per heavy atom. The molecule has 130 valence electrons. The lowest BCUT2D eigenvalue weighted by Gasteiger charge is -2.18. The molecule has 1 heterocycles. The van der Waals surface area contributed by atoms with Crippen LogP contribution in [0.5, 0.6) is 5.88 Å². The Morgan fingerprint density at radius 2 is 1.62 bits per heavy atom. The van der Waals surface area contributed by atoms with Crippen molar-refractivity contribution in [2.45, 2.75) is 13.1 Å². The highest BCUT2D eigenvalue weighted by molar-refractivity contribution is 8.07. The summed E-state index contributed by atoms with van der Waals surface area (Å²) in [5, 5.41) is 0. The first-order valence-corrected chi connectivity index (χ1v) is 9.17. The van der Waals surface area contributed by atoms with Crippen LogP contribution < -0.4 is 4.52 Å². The fraction of sp³-hybridized carbons (Fsp3) is 0.286. The van der Waals surface area contributed by atoms with Crippen molar-refractivity contribution in [3.63, 3.8) is 0 Å². The highest BCUT2D eigenvalue weighted by atomic mass is 32.5. The highest BCUT2D eigenvalue weighted by Crippen LogP contribution is 2.47. The summed E-state index contributed by atoms with van der Waals surface area (Å²) < 4.78 is 53.4. The molecule has 0 saturated heterocycles. The molecule has 24 heavy (non-hydrogen) atoms. The van der Waals surface area contributed by atoms with Crippen LogP contribution in [0.3, 0.4) is 0 Å². The third kappa shape index (κ3) is 4.51. The van der Waals surface area contributed by atoms with Gasteiger partial charge in [0.1, 0.15) is 0 Å². The van der Waals surface area contributed by atoms with Gasteiger partial charge in [-0.3, -0.25) is 0 Å². The van der Waals surface area contributed by atoms with Crippen molar-refractivity contribution in [2.24, 2.45) is 0 Å². The lowest BCUT2D eigenvalue weighted by Crippen LogP contribution is -2.04. The molecule has 0 fully saturated rings. The van der Waals surface area contributed by atoms with E-state index in [-0.39, 0.29) is 11.7 Å². The van der Waals surface area contributed by atoms with Crippen LogP contribution in [-0.2, 0) is 27.0 Å². The Morgan fingerprint density at radius 3 is 2.12 bits per heavy atom. The van der Waals surface area contributed by atoms with E-state index in [1.807, 2.05) is 0 Å². The Labute approximate surface area is 142 Å². The van der Waals surface area contributed by atoms with Gasteiger partial charge in [-0.05, 0) is 19.1 Å². The minimum absolute atomic E-state index is 0.129. The maximum atomic E-state index is 12.6. The van der Waals surface area contributed by atoms with E-state index < -0.39 is 18.5 Å². The summed E-state index contributed by atoms with van der Waals surface area (Å²) in [7, 11) is 2.71. The number of hydrogen-bond acceptors (Lipinski definition) is 6. The summed E-state index contributed by atoms with van der Waals surface area (Å²) in [6, 6.07) is 6.06. The third-order valence-electron chi connectivity index (χ3n) is 2.95. The minimum atomic E-state index is -4.40. The molecule has 0 amide bonds. The normalized spacial score (nSPS) is 12.2. The largest absolute Gasteiger partial charge is 0.416 e. The van der Waals surface area contributed by atoms with Gasteiger partial charge in [-0.2, -0.15) is 18.2 Å². The molecule has 1 aromatic heterocycles. The second kappa shape index (κ2) is 7.14. The summed E-state index contributed by atoms with van der Waals surface area (Å²) in [4.78, 5) is 8.37. The minimum Gasteiger partial charge on any atom is -0.406 e. The standard InChI is InChI=1S/C14H14F3N2O3PS/c1-9-8-12(22-23(24,20-2)21-3)19-13(18-9)10-4-6-11(7-5-10)14(15,16)17/h4-8H,1-3H3. The molecule has 0 N–H and O–H groups in total. The second-order valence-corrected chi connectivity index (χ2v) is 7.80. The molecular weight excluding hydrogens is 364 g/mol. The van der Waals surface area contributed by atoms with Gasteiger partial charge in [0, 0.05) is 43.4 Å². The monoisotopic (exact) mass is 378 g/mol. The van der Waals surface area contributed by atoms with Crippen molar-refractivity contribution < 1.29 is 26.7 Å². The van der Waals surface area contributed by atoms with Gasteiger partial charge in [0.2, 0.25) is 5.88 Å². The SMILES string of the molecule is COP(=S)(OC)Oc1cc(C)nc(-c2ccc(C(F)(F)F)cc2)n1. The van der Waals surface area contributed by atoms with Gasteiger partial charge in [-0.1, -0.05) is 12.1 Å². The second-order valence-electron chi connectivity index (χ2n) is 4.65. The number of rotatable bonds is 5. The molecular formula is C14H14F3N2O3PS. The molecule has 0 unspecified atom stereocenters. The number of nitrogens with zero attached hydrogens (tertiary/aromatic N) is 2. The average molecular weight is 378 g/mol. The van der Waals surface area contributed by atoms with Crippen LogP contribution in [0.2, 0.25) is 0 Å². The zero-order chi connectivity index (χ0) is 18.0. The molecule has 1 aromatic carbocycles. The summed E-state index contributed by atoms with van der Waals surface area (Å²) >= 11 is 5.11. The zero-order valence-corrected chi connectivity index (χ0v) is 14.7. The van der Waals surface area contributed by atoms with E-state index in [4.69, 9.17) is 25.4 Å². The molecule has 0 spiro atoms. The number of aryl methyl sites for hydroxylation is 1. The predicted molar refractivity (Wildman–Crippen MR) is 86.1 cm³/mol. The molecule has 2 rings (SSSR count). The van der Waals surface area contributed by atoms with Gasteiger partial charge in [0.05, 0.1) is 5.56 Å². The van der Waals surface area contributed by atoms with E-state index in [2.05, 4.69) is 9.97 Å². The summed E-state index contributed by atoms with van der Waals surface area (Å²) in [6.07, 6.45) is -4.40. The quantitative estimate of drug-likeness (QED) is 0.721. The summed E-state index contributed by atoms with van der Waals surface area (Å²) in [6.45, 7) is -1.27. The van der Waals surface area contributed by atoms with E-state index in [1.165, 1.54) is 32.4 Å². The number of halogens is 3. The lowest BCUT2D eigenvalue weighted by atomic mass is 10.1. The van der Waals surface area contributed by atoms with Gasteiger partial charge in [-0.15, -0.1) is 0 Å². The Kier molecular flexibility index (Phi) is 5.59. The summed E-state index contributed by atoms with van der Waals surface area (Å²) in [5.41, 5.74) is 0.230. The number of aromatic nitrogens is 2. The van der Waals surface area contributed by atoms with Crippen LogP contribution in [-0.4, -0.2) is 24.2 Å². The molecule has 0 aliphatic rings. The molecule has 10 heteroatoms. The van der Waals surface area contributed by atoms with Crippen molar-refractivity contribution in [1.82, 2.24) is 9.97 Å². The van der Waals surface area contributed by atoms with Gasteiger partial charge in [0.25, 0.3) is 0 Å². The van der Waals surface area contributed by atoms with E-state index >= 15 is 0 Å². The smallest absolute Gasteiger partial charge is 0.406 e. The van der Waals surface area contributed by atoms with Crippen LogP contribution >= 0.6 is 6.72 Å². The van der Waals surface area contributed by atoms with Crippen molar-refractivity contribution in [1.29, 1.82) is 0 Å². The van der Waals surface area contributed by atoms with Gasteiger partial charge >= 0.3 is 12.9 Å². The third-order valence-corrected chi connectivity index (χ3v) is 5.38. The highest BCUT2D eigenvalue weighted by Gasteiger charge is 2.30. The average Bonchev–Trinajstić information content (AvgIpc) is 2.53. The fourth-order valence-electron chi connectivity index (χ4n) is 1.79. The predicted octanol–water partition coefficient (Wildman–Crippen LogP) is 4.37. The summed E-state index contributed by atoms with van der Waals surface area (Å²) in [5.74, 6) is 0.344. The fourth-order valence-corrected chi connectivity index (χ4v) is 2.64. The Bertz CT molecular complexity index is 761. The van der Waals surface area contributed by atoms with Crippen molar-refractivity contribution in [2.75, 3.05) is 14.2 Å². The van der Waals surface area contributed by atoms with Crippen molar-refractivity contribution in [3.05, 3.63) is 41.6 Å². The molecule has 5 nitrogen and oxygen atoms in total. The first kappa shape index (κ1) is 18.8. The van der Waals surface area contributed by atoms with Crippen LogP contribution in [0.1, 0.15) is 11.3 Å². The first-order chi connectivity index (χ1) is 11.2. The maximum Gasteiger partial charge on any atom is 0.416 e. The number of hydrogen-bond donors (Lipinski definition) is 0. The van der Waals surface area contributed by atoms with E-state index in [0.717, 1.165) is 12.1 Å².